The minimum atomic E-state index is -3.39. The van der Waals surface area contributed by atoms with Crippen molar-refractivity contribution in [2.75, 3.05) is 18.1 Å². The van der Waals surface area contributed by atoms with Gasteiger partial charge in [-0.05, 0) is 37.5 Å². The van der Waals surface area contributed by atoms with Crippen LogP contribution in [0, 0.1) is 6.92 Å². The Hall–Kier alpha value is -1.22. The number of hydrogen-bond acceptors (Lipinski definition) is 5. The Morgan fingerprint density at radius 3 is 2.91 bits per heavy atom. The summed E-state index contributed by atoms with van der Waals surface area (Å²) in [5.74, 6) is -0.337. The van der Waals surface area contributed by atoms with E-state index in [4.69, 9.17) is 11.6 Å². The molecule has 2 heterocycles. The quantitative estimate of drug-likeness (QED) is 0.896. The van der Waals surface area contributed by atoms with Crippen molar-refractivity contribution in [2.45, 2.75) is 25.8 Å². The largest absolute Gasteiger partial charge is 0.301 e. The van der Waals surface area contributed by atoms with Crippen molar-refractivity contribution in [1.29, 1.82) is 0 Å². The molecule has 124 valence electrons. The first-order valence-corrected chi connectivity index (χ1v) is 10.1. The van der Waals surface area contributed by atoms with E-state index in [-0.39, 0.29) is 5.91 Å². The smallest absolute Gasteiger partial charge is 0.244 e. The molecule has 1 aromatic carbocycles. The molecule has 1 amide bonds. The van der Waals surface area contributed by atoms with E-state index in [9.17, 15) is 13.2 Å². The van der Waals surface area contributed by atoms with Crippen LogP contribution < -0.4 is 5.32 Å². The lowest BCUT2D eigenvalue weighted by molar-refractivity contribution is -0.119. The molecule has 1 saturated heterocycles. The summed E-state index contributed by atoms with van der Waals surface area (Å²) in [7, 11) is -3.39. The summed E-state index contributed by atoms with van der Waals surface area (Å²) >= 11 is 7.43. The fourth-order valence-electron chi connectivity index (χ4n) is 2.74. The lowest BCUT2D eigenvalue weighted by atomic mass is 10.2. The van der Waals surface area contributed by atoms with Gasteiger partial charge >= 0.3 is 0 Å². The van der Waals surface area contributed by atoms with Gasteiger partial charge in [-0.2, -0.15) is 4.31 Å². The summed E-state index contributed by atoms with van der Waals surface area (Å²) in [6, 6.07) is 2.99. The van der Waals surface area contributed by atoms with Gasteiger partial charge in [0.05, 0.1) is 16.5 Å². The monoisotopic (exact) mass is 373 g/mol. The highest BCUT2D eigenvalue weighted by atomic mass is 35.5. The highest BCUT2D eigenvalue weighted by Gasteiger charge is 2.36. The molecule has 0 saturated carbocycles. The van der Waals surface area contributed by atoms with Gasteiger partial charge in [0, 0.05) is 11.6 Å². The second-order valence-corrected chi connectivity index (χ2v) is 8.93. The molecule has 9 heteroatoms. The van der Waals surface area contributed by atoms with Crippen LogP contribution in [0.5, 0.6) is 0 Å². The molecular formula is C14H16ClN3O3S2. The summed E-state index contributed by atoms with van der Waals surface area (Å²) in [6.45, 7) is 2.25. The maximum absolute atomic E-state index is 12.4. The number of hydrogen-bond donors (Lipinski definition) is 1. The number of carbonyl (C=O) groups is 1. The molecular weight excluding hydrogens is 358 g/mol. The lowest BCUT2D eigenvalue weighted by Gasteiger charge is -2.20. The molecule has 0 bridgehead atoms. The number of amides is 1. The van der Waals surface area contributed by atoms with Gasteiger partial charge in [-0.3, -0.25) is 4.79 Å². The molecule has 1 aliphatic heterocycles. The number of carbonyl (C=O) groups excluding carboxylic acids is 1. The van der Waals surface area contributed by atoms with E-state index < -0.39 is 16.1 Å². The SMILES string of the molecule is Cc1c(Cl)ccc2sc(NC(=O)[C@H]3CCCN3S(C)(=O)=O)nc12. The zero-order chi connectivity index (χ0) is 16.8. The minimum absolute atomic E-state index is 0.337. The molecule has 1 aliphatic rings. The number of fused-ring (bicyclic) bond motifs is 1. The second-order valence-electron chi connectivity index (χ2n) is 5.56. The Balaban J connectivity index is 1.84. The molecule has 3 rings (SSSR count). The highest BCUT2D eigenvalue weighted by Crippen LogP contribution is 2.32. The van der Waals surface area contributed by atoms with E-state index in [1.165, 1.54) is 15.6 Å². The fraction of sp³-hybridized carbons (Fsp3) is 0.429. The van der Waals surface area contributed by atoms with E-state index in [0.717, 1.165) is 22.0 Å². The van der Waals surface area contributed by atoms with Crippen LogP contribution in [0.15, 0.2) is 12.1 Å². The summed E-state index contributed by atoms with van der Waals surface area (Å²) in [5, 5.41) is 3.82. The maximum atomic E-state index is 12.4. The Bertz CT molecular complexity index is 879. The number of rotatable bonds is 3. The minimum Gasteiger partial charge on any atom is -0.301 e. The van der Waals surface area contributed by atoms with Crippen molar-refractivity contribution in [2.24, 2.45) is 0 Å². The van der Waals surface area contributed by atoms with E-state index in [1.54, 1.807) is 6.07 Å². The van der Waals surface area contributed by atoms with Gasteiger partial charge in [-0.25, -0.2) is 13.4 Å². The van der Waals surface area contributed by atoms with Gasteiger partial charge in [-0.1, -0.05) is 22.9 Å². The van der Waals surface area contributed by atoms with Crippen LogP contribution in [-0.4, -0.2) is 42.5 Å². The number of aryl methyl sites for hydroxylation is 1. The molecule has 6 nitrogen and oxygen atoms in total. The van der Waals surface area contributed by atoms with Crippen molar-refractivity contribution >= 4 is 54.2 Å². The predicted octanol–water partition coefficient (Wildman–Crippen LogP) is 2.62. The Labute approximate surface area is 143 Å². The van der Waals surface area contributed by atoms with Gasteiger partial charge in [0.15, 0.2) is 5.13 Å². The number of thiazole rings is 1. The Morgan fingerprint density at radius 2 is 2.22 bits per heavy atom. The molecule has 1 N–H and O–H groups in total. The van der Waals surface area contributed by atoms with Crippen LogP contribution in [0.4, 0.5) is 5.13 Å². The molecule has 0 aliphatic carbocycles. The number of halogens is 1. The predicted molar refractivity (Wildman–Crippen MR) is 92.6 cm³/mol. The van der Waals surface area contributed by atoms with Gasteiger partial charge in [0.1, 0.15) is 6.04 Å². The summed E-state index contributed by atoms with van der Waals surface area (Å²) in [4.78, 5) is 16.8. The van der Waals surface area contributed by atoms with Crippen molar-refractivity contribution in [1.82, 2.24) is 9.29 Å². The third kappa shape index (κ3) is 3.21. The van der Waals surface area contributed by atoms with Gasteiger partial charge in [-0.15, -0.1) is 0 Å². The zero-order valence-electron chi connectivity index (χ0n) is 12.7. The molecule has 0 unspecified atom stereocenters. The average Bonchev–Trinajstić information content (AvgIpc) is 3.09. The number of nitrogens with one attached hydrogen (secondary N) is 1. The molecule has 0 radical (unpaired) electrons. The number of aromatic nitrogens is 1. The average molecular weight is 374 g/mol. The fourth-order valence-corrected chi connectivity index (χ4v) is 4.95. The molecule has 1 fully saturated rings. The Kier molecular flexibility index (Phi) is 4.35. The molecule has 1 aromatic heterocycles. The van der Waals surface area contributed by atoms with Gasteiger partial charge < -0.3 is 5.32 Å². The highest BCUT2D eigenvalue weighted by molar-refractivity contribution is 7.88. The summed E-state index contributed by atoms with van der Waals surface area (Å²) < 4.78 is 25.7. The third-order valence-electron chi connectivity index (χ3n) is 3.91. The van der Waals surface area contributed by atoms with Crippen LogP contribution in [0.1, 0.15) is 18.4 Å². The van der Waals surface area contributed by atoms with E-state index in [0.29, 0.717) is 29.5 Å². The summed E-state index contributed by atoms with van der Waals surface area (Å²) in [6.07, 6.45) is 2.33. The van der Waals surface area contributed by atoms with Crippen LogP contribution in [0.3, 0.4) is 0 Å². The standard InChI is InChI=1S/C14H16ClN3O3S2/c1-8-9(15)5-6-11-12(8)16-14(22-11)17-13(19)10-4-3-7-18(10)23(2,20)21/h5-6,10H,3-4,7H2,1-2H3,(H,16,17,19)/t10-/m1/s1. The first-order valence-electron chi connectivity index (χ1n) is 7.10. The molecule has 1 atom stereocenters. The summed E-state index contributed by atoms with van der Waals surface area (Å²) in [5.41, 5.74) is 1.61. The third-order valence-corrected chi connectivity index (χ3v) is 6.54. The van der Waals surface area contributed by atoms with Crippen molar-refractivity contribution in [3.05, 3.63) is 22.7 Å². The second kappa shape index (κ2) is 6.01. The van der Waals surface area contributed by atoms with Crippen molar-refractivity contribution in [3.8, 4) is 0 Å². The van der Waals surface area contributed by atoms with Crippen LogP contribution >= 0.6 is 22.9 Å². The molecule has 0 spiro atoms. The first kappa shape index (κ1) is 16.6. The van der Waals surface area contributed by atoms with Crippen LogP contribution in [0.25, 0.3) is 10.2 Å². The van der Waals surface area contributed by atoms with Gasteiger partial charge in [0.2, 0.25) is 15.9 Å². The lowest BCUT2D eigenvalue weighted by Crippen LogP contribution is -2.42. The molecule has 23 heavy (non-hydrogen) atoms. The van der Waals surface area contributed by atoms with E-state index >= 15 is 0 Å². The number of benzene rings is 1. The Morgan fingerprint density at radius 1 is 1.48 bits per heavy atom. The first-order chi connectivity index (χ1) is 10.8. The number of anilines is 1. The van der Waals surface area contributed by atoms with Crippen molar-refractivity contribution in [3.63, 3.8) is 0 Å². The van der Waals surface area contributed by atoms with Crippen LogP contribution in [-0.2, 0) is 14.8 Å². The van der Waals surface area contributed by atoms with Crippen molar-refractivity contribution < 1.29 is 13.2 Å². The molecule has 2 aromatic rings. The van der Waals surface area contributed by atoms with Crippen LogP contribution in [0.2, 0.25) is 5.02 Å². The van der Waals surface area contributed by atoms with E-state index in [1.807, 2.05) is 13.0 Å². The topological polar surface area (TPSA) is 79.4 Å². The van der Waals surface area contributed by atoms with E-state index in [2.05, 4.69) is 10.3 Å². The zero-order valence-corrected chi connectivity index (χ0v) is 15.1. The normalized spacial score (nSPS) is 19.3. The van der Waals surface area contributed by atoms with Gasteiger partial charge in [0.25, 0.3) is 0 Å². The maximum Gasteiger partial charge on any atom is 0.244 e. The number of nitrogens with zero attached hydrogens (tertiary/aromatic N) is 2. The number of sulfonamides is 1.